The molecule has 0 spiro atoms. The number of amides is 2. The molecule has 0 saturated heterocycles. The van der Waals surface area contributed by atoms with E-state index in [4.69, 9.17) is 21.7 Å². The fourth-order valence-corrected chi connectivity index (χ4v) is 0.698. The van der Waals surface area contributed by atoms with E-state index in [2.05, 4.69) is 5.32 Å². The van der Waals surface area contributed by atoms with E-state index in [1.165, 1.54) is 0 Å². The summed E-state index contributed by atoms with van der Waals surface area (Å²) in [6, 6.07) is -1.26. The van der Waals surface area contributed by atoms with Gasteiger partial charge in [0.1, 0.15) is 0 Å². The van der Waals surface area contributed by atoms with E-state index in [9.17, 15) is 4.79 Å². The molecule has 6 heteroatoms. The number of carbonyl (C=O) groups is 1. The van der Waals surface area contributed by atoms with Gasteiger partial charge in [-0.25, -0.2) is 4.79 Å². The van der Waals surface area contributed by atoms with E-state index in [-0.39, 0.29) is 0 Å². The fraction of sp³-hybridized carbons (Fsp3) is 0.833. The molecule has 0 radical (unpaired) electrons. The Labute approximate surface area is 70.5 Å². The molecule has 72 valence electrons. The Bertz CT molecular complexity index is 140. The number of aliphatic hydroxyl groups is 2. The number of hydrogen-bond donors (Lipinski definition) is 5. The lowest BCUT2D eigenvalue weighted by molar-refractivity contribution is -0.0597. The predicted molar refractivity (Wildman–Crippen MR) is 43.0 cm³/mol. The number of primary amides is 1. The maximum atomic E-state index is 10.2. The molecule has 0 aromatic carbocycles. The van der Waals surface area contributed by atoms with E-state index in [1.54, 1.807) is 0 Å². The average molecular weight is 177 g/mol. The maximum Gasteiger partial charge on any atom is 0.312 e. The van der Waals surface area contributed by atoms with Gasteiger partial charge in [-0.05, 0) is 12.8 Å². The van der Waals surface area contributed by atoms with Crippen molar-refractivity contribution in [1.82, 2.24) is 5.32 Å². The van der Waals surface area contributed by atoms with Crippen LogP contribution in [0, 0.1) is 0 Å². The molecule has 0 heterocycles. The Morgan fingerprint density at radius 1 is 1.50 bits per heavy atom. The normalized spacial score (nSPS) is 13.0. The second-order valence-electron chi connectivity index (χ2n) is 2.51. The highest BCUT2D eigenvalue weighted by Crippen LogP contribution is 1.96. The summed E-state index contributed by atoms with van der Waals surface area (Å²) in [6.07, 6.45) is -0.502. The van der Waals surface area contributed by atoms with Gasteiger partial charge in [0.2, 0.25) is 0 Å². The summed E-state index contributed by atoms with van der Waals surface area (Å²) in [6.45, 7) is 0.399. The minimum absolute atomic E-state index is 0.399. The second-order valence-corrected chi connectivity index (χ2v) is 2.51. The molecule has 0 aliphatic heterocycles. The molecule has 0 rings (SSSR count). The zero-order valence-electron chi connectivity index (χ0n) is 6.73. The largest absolute Gasteiger partial charge is 0.367 e. The van der Waals surface area contributed by atoms with Gasteiger partial charge in [-0.3, -0.25) is 0 Å². The molecule has 0 aromatic rings. The summed E-state index contributed by atoms with van der Waals surface area (Å²) in [5.74, 6) is 0. The van der Waals surface area contributed by atoms with Crippen LogP contribution in [0.3, 0.4) is 0 Å². The van der Waals surface area contributed by atoms with Gasteiger partial charge in [0.15, 0.2) is 6.29 Å². The molecule has 0 aliphatic carbocycles. The van der Waals surface area contributed by atoms with Crippen molar-refractivity contribution in [2.24, 2.45) is 11.5 Å². The van der Waals surface area contributed by atoms with Gasteiger partial charge in [-0.15, -0.1) is 0 Å². The number of urea groups is 1. The molecule has 2 amide bonds. The zero-order chi connectivity index (χ0) is 9.56. The minimum atomic E-state index is -1.50. The van der Waals surface area contributed by atoms with E-state index >= 15 is 0 Å². The smallest absolute Gasteiger partial charge is 0.312 e. The number of rotatable bonds is 5. The maximum absolute atomic E-state index is 10.2. The van der Waals surface area contributed by atoms with Crippen LogP contribution in [0.1, 0.15) is 12.8 Å². The Kier molecular flexibility index (Phi) is 5.35. The monoisotopic (exact) mass is 177 g/mol. The van der Waals surface area contributed by atoms with Crippen LogP contribution >= 0.6 is 0 Å². The highest BCUT2D eigenvalue weighted by molar-refractivity contribution is 5.71. The zero-order valence-corrected chi connectivity index (χ0v) is 6.73. The van der Waals surface area contributed by atoms with Crippen molar-refractivity contribution in [2.75, 3.05) is 6.54 Å². The predicted octanol–water partition coefficient (Wildman–Crippen LogP) is -1.93. The van der Waals surface area contributed by atoms with Crippen LogP contribution in [-0.4, -0.2) is 35.1 Å². The number of aliphatic hydroxyl groups excluding tert-OH is 1. The third kappa shape index (κ3) is 5.90. The molecular formula is C6H15N3O3. The second kappa shape index (κ2) is 5.76. The van der Waals surface area contributed by atoms with Crippen molar-refractivity contribution in [3.8, 4) is 0 Å². The van der Waals surface area contributed by atoms with E-state index in [0.717, 1.165) is 0 Å². The Morgan fingerprint density at radius 3 is 2.50 bits per heavy atom. The highest BCUT2D eigenvalue weighted by atomic mass is 16.5. The van der Waals surface area contributed by atoms with Gasteiger partial charge in [0.05, 0.1) is 6.04 Å². The lowest BCUT2D eigenvalue weighted by Gasteiger charge is -2.12. The molecule has 0 aliphatic rings. The summed E-state index contributed by atoms with van der Waals surface area (Å²) in [5.41, 5.74) is 10.1. The van der Waals surface area contributed by atoms with Gasteiger partial charge >= 0.3 is 6.03 Å². The molecule has 1 atom stereocenters. The van der Waals surface area contributed by atoms with Gasteiger partial charge in [0.25, 0.3) is 0 Å². The van der Waals surface area contributed by atoms with Crippen LogP contribution in [0.2, 0.25) is 0 Å². The summed E-state index contributed by atoms with van der Waals surface area (Å²) < 4.78 is 0. The van der Waals surface area contributed by atoms with Crippen LogP contribution in [0.4, 0.5) is 4.79 Å². The summed E-state index contributed by atoms with van der Waals surface area (Å²) in [5, 5.41) is 19.5. The molecule has 12 heavy (non-hydrogen) atoms. The summed E-state index contributed by atoms with van der Waals surface area (Å²) in [4.78, 5) is 10.2. The van der Waals surface area contributed by atoms with E-state index < -0.39 is 18.4 Å². The Balaban J connectivity index is 3.25. The topological polar surface area (TPSA) is 122 Å². The van der Waals surface area contributed by atoms with Crippen LogP contribution < -0.4 is 16.8 Å². The molecule has 0 fully saturated rings. The van der Waals surface area contributed by atoms with Gasteiger partial charge in [-0.2, -0.15) is 0 Å². The van der Waals surface area contributed by atoms with Crippen LogP contribution in [0.25, 0.3) is 0 Å². The highest BCUT2D eigenvalue weighted by Gasteiger charge is 2.09. The average Bonchev–Trinajstić information content (AvgIpc) is 1.97. The number of carbonyl (C=O) groups excluding carboxylic acids is 1. The minimum Gasteiger partial charge on any atom is -0.367 e. The first-order valence-corrected chi connectivity index (χ1v) is 3.69. The van der Waals surface area contributed by atoms with Crippen LogP contribution in [0.5, 0.6) is 0 Å². The van der Waals surface area contributed by atoms with Crippen molar-refractivity contribution in [2.45, 2.75) is 25.2 Å². The standard InChI is InChI=1S/C6H15N3O3/c7-4(5(10)11)2-1-3-9-6(8)12/h4-5,10-11H,1-3,7H2,(H3,8,9,12)/t4-/m1/s1. The molecule has 0 saturated carbocycles. The lowest BCUT2D eigenvalue weighted by atomic mass is 10.1. The Morgan fingerprint density at radius 2 is 2.08 bits per heavy atom. The molecule has 0 bridgehead atoms. The molecule has 7 N–H and O–H groups in total. The van der Waals surface area contributed by atoms with Crippen molar-refractivity contribution in [1.29, 1.82) is 0 Å². The first-order chi connectivity index (χ1) is 5.54. The first-order valence-electron chi connectivity index (χ1n) is 3.69. The van der Waals surface area contributed by atoms with Gasteiger partial charge in [0, 0.05) is 6.54 Å². The molecule has 0 unspecified atom stereocenters. The summed E-state index contributed by atoms with van der Waals surface area (Å²) in [7, 11) is 0. The third-order valence-corrected chi connectivity index (χ3v) is 1.40. The number of nitrogens with one attached hydrogen (secondary N) is 1. The summed E-state index contributed by atoms with van der Waals surface area (Å²) >= 11 is 0. The van der Waals surface area contributed by atoms with Crippen LogP contribution in [-0.2, 0) is 0 Å². The first kappa shape index (κ1) is 11.2. The van der Waals surface area contributed by atoms with E-state index in [0.29, 0.717) is 19.4 Å². The molecule has 0 aromatic heterocycles. The van der Waals surface area contributed by atoms with Crippen LogP contribution in [0.15, 0.2) is 0 Å². The molecule has 6 nitrogen and oxygen atoms in total. The van der Waals surface area contributed by atoms with Crippen molar-refractivity contribution in [3.05, 3.63) is 0 Å². The molecular weight excluding hydrogens is 162 g/mol. The SMILES string of the molecule is NC(=O)NCCC[C@@H](N)C(O)O. The Hall–Kier alpha value is -0.850. The van der Waals surface area contributed by atoms with Crippen molar-refractivity contribution < 1.29 is 15.0 Å². The number of nitrogens with two attached hydrogens (primary N) is 2. The van der Waals surface area contributed by atoms with Gasteiger partial charge < -0.3 is 27.0 Å². The van der Waals surface area contributed by atoms with Crippen molar-refractivity contribution in [3.63, 3.8) is 0 Å². The lowest BCUT2D eigenvalue weighted by Crippen LogP contribution is -2.36. The quantitative estimate of drug-likeness (QED) is 0.248. The fourth-order valence-electron chi connectivity index (χ4n) is 0.698. The number of hydrogen-bond acceptors (Lipinski definition) is 4. The third-order valence-electron chi connectivity index (χ3n) is 1.40. The van der Waals surface area contributed by atoms with Gasteiger partial charge in [-0.1, -0.05) is 0 Å². The van der Waals surface area contributed by atoms with Crippen molar-refractivity contribution >= 4 is 6.03 Å². The van der Waals surface area contributed by atoms with E-state index in [1.807, 2.05) is 0 Å².